The van der Waals surface area contributed by atoms with Crippen molar-refractivity contribution in [3.05, 3.63) is 50.4 Å². The summed E-state index contributed by atoms with van der Waals surface area (Å²) in [5.41, 5.74) is 0.0536. The van der Waals surface area contributed by atoms with Gasteiger partial charge in [-0.15, -0.1) is 11.3 Å². The summed E-state index contributed by atoms with van der Waals surface area (Å²) in [6.45, 7) is 0.365. The summed E-state index contributed by atoms with van der Waals surface area (Å²) < 4.78 is 38.2. The maximum atomic E-state index is 12.4. The van der Waals surface area contributed by atoms with E-state index in [1.807, 2.05) is 11.4 Å². The third-order valence-corrected chi connectivity index (χ3v) is 4.25. The Labute approximate surface area is 131 Å². The minimum absolute atomic E-state index is 0.0141. The van der Waals surface area contributed by atoms with Crippen LogP contribution in [0.2, 0.25) is 0 Å². The van der Waals surface area contributed by atoms with Crippen molar-refractivity contribution in [1.29, 1.82) is 0 Å². The van der Waals surface area contributed by atoms with E-state index in [2.05, 4.69) is 20.9 Å². The molecule has 2 aromatic rings. The van der Waals surface area contributed by atoms with Gasteiger partial charge in [-0.3, -0.25) is 9.78 Å². The maximum absolute atomic E-state index is 12.4. The molecule has 0 atom stereocenters. The highest BCUT2D eigenvalue weighted by molar-refractivity contribution is 9.11. The Morgan fingerprint density at radius 3 is 2.62 bits per heavy atom. The predicted molar refractivity (Wildman–Crippen MR) is 77.1 cm³/mol. The molecule has 0 saturated heterocycles. The van der Waals surface area contributed by atoms with E-state index in [1.165, 1.54) is 16.2 Å². The molecule has 0 bridgehead atoms. The minimum atomic E-state index is -4.45. The quantitative estimate of drug-likeness (QED) is 0.801. The van der Waals surface area contributed by atoms with E-state index in [-0.39, 0.29) is 5.69 Å². The van der Waals surface area contributed by atoms with Crippen molar-refractivity contribution in [2.45, 2.75) is 12.7 Å². The Bertz CT molecular complexity index is 640. The molecule has 0 radical (unpaired) electrons. The van der Waals surface area contributed by atoms with Crippen molar-refractivity contribution in [2.24, 2.45) is 0 Å². The summed E-state index contributed by atoms with van der Waals surface area (Å²) in [6, 6.07) is 3.83. The van der Waals surface area contributed by atoms with Gasteiger partial charge in [-0.2, -0.15) is 13.2 Å². The maximum Gasteiger partial charge on any atom is 0.417 e. The fourth-order valence-corrected chi connectivity index (χ4v) is 2.86. The average molecular weight is 379 g/mol. The second-order valence-corrected chi connectivity index (χ2v) is 6.64. The zero-order chi connectivity index (χ0) is 15.6. The van der Waals surface area contributed by atoms with Crippen LogP contribution < -0.4 is 0 Å². The molecule has 1 amide bonds. The van der Waals surface area contributed by atoms with Crippen molar-refractivity contribution in [2.75, 3.05) is 7.05 Å². The van der Waals surface area contributed by atoms with Crippen LogP contribution in [-0.4, -0.2) is 22.8 Å². The van der Waals surface area contributed by atoms with Crippen LogP contribution in [0.1, 0.15) is 21.6 Å². The van der Waals surface area contributed by atoms with Gasteiger partial charge in [0, 0.05) is 19.8 Å². The number of rotatable bonds is 3. The van der Waals surface area contributed by atoms with E-state index in [0.717, 1.165) is 21.5 Å². The van der Waals surface area contributed by atoms with Crippen LogP contribution in [0.5, 0.6) is 0 Å². The molecule has 0 spiro atoms. The van der Waals surface area contributed by atoms with E-state index in [4.69, 9.17) is 0 Å². The third-order valence-electron chi connectivity index (χ3n) is 2.70. The monoisotopic (exact) mass is 378 g/mol. The van der Waals surface area contributed by atoms with Gasteiger partial charge in [-0.1, -0.05) is 0 Å². The summed E-state index contributed by atoms with van der Waals surface area (Å²) >= 11 is 4.82. The van der Waals surface area contributed by atoms with Gasteiger partial charge in [-0.05, 0) is 45.1 Å². The molecule has 21 heavy (non-hydrogen) atoms. The molecule has 2 rings (SSSR count). The van der Waals surface area contributed by atoms with E-state index < -0.39 is 17.6 Å². The molecule has 0 saturated carbocycles. The highest BCUT2D eigenvalue weighted by Crippen LogP contribution is 2.28. The van der Waals surface area contributed by atoms with Gasteiger partial charge in [0.25, 0.3) is 5.91 Å². The van der Waals surface area contributed by atoms with E-state index in [1.54, 1.807) is 7.05 Å². The summed E-state index contributed by atoms with van der Waals surface area (Å²) in [5.74, 6) is -0.425. The molecule has 0 aliphatic rings. The first-order valence-corrected chi connectivity index (χ1v) is 7.46. The second kappa shape index (κ2) is 6.15. The van der Waals surface area contributed by atoms with Gasteiger partial charge < -0.3 is 4.90 Å². The van der Waals surface area contributed by atoms with Crippen LogP contribution in [0.15, 0.2) is 33.6 Å². The topological polar surface area (TPSA) is 33.2 Å². The number of pyridine rings is 1. The largest absolute Gasteiger partial charge is 0.417 e. The Morgan fingerprint density at radius 1 is 1.43 bits per heavy atom. The summed E-state index contributed by atoms with van der Waals surface area (Å²) in [6.07, 6.45) is -3.79. The highest BCUT2D eigenvalue weighted by Gasteiger charge is 2.31. The molecular weight excluding hydrogens is 369 g/mol. The SMILES string of the molecule is CN(Cc1csc(Br)c1)C(=O)c1ccc(C(F)(F)F)cn1. The number of hydrogen-bond acceptors (Lipinski definition) is 3. The number of amides is 1. The number of carbonyl (C=O) groups excluding carboxylic acids is 1. The van der Waals surface area contributed by atoms with Gasteiger partial charge in [-0.25, -0.2) is 0 Å². The predicted octanol–water partition coefficient (Wildman–Crippen LogP) is 4.20. The van der Waals surface area contributed by atoms with Crippen LogP contribution in [0, 0.1) is 0 Å². The fourth-order valence-electron chi connectivity index (χ4n) is 1.66. The number of thiophene rings is 1. The van der Waals surface area contributed by atoms with E-state index >= 15 is 0 Å². The molecule has 3 nitrogen and oxygen atoms in total. The first kappa shape index (κ1) is 16.0. The molecular formula is C13H10BrF3N2OS. The van der Waals surface area contributed by atoms with Gasteiger partial charge in [0.05, 0.1) is 9.35 Å². The lowest BCUT2D eigenvalue weighted by atomic mass is 10.2. The van der Waals surface area contributed by atoms with Crippen LogP contribution in [0.25, 0.3) is 0 Å². The normalized spacial score (nSPS) is 11.5. The van der Waals surface area contributed by atoms with Crippen LogP contribution >= 0.6 is 27.3 Å². The Hall–Kier alpha value is -1.41. The Kier molecular flexibility index (Phi) is 4.67. The molecule has 8 heteroatoms. The number of nitrogens with zero attached hydrogens (tertiary/aromatic N) is 2. The molecule has 0 N–H and O–H groups in total. The molecule has 2 aromatic heterocycles. The lowest BCUT2D eigenvalue weighted by molar-refractivity contribution is -0.137. The zero-order valence-corrected chi connectivity index (χ0v) is 13.2. The van der Waals surface area contributed by atoms with Crippen molar-refractivity contribution in [3.8, 4) is 0 Å². The molecule has 112 valence electrons. The molecule has 0 aliphatic heterocycles. The highest BCUT2D eigenvalue weighted by atomic mass is 79.9. The van der Waals surface area contributed by atoms with Crippen molar-refractivity contribution in [1.82, 2.24) is 9.88 Å². The summed E-state index contributed by atoms with van der Waals surface area (Å²) in [5, 5.41) is 1.90. The second-order valence-electron chi connectivity index (χ2n) is 4.35. The lowest BCUT2D eigenvalue weighted by Crippen LogP contribution is -2.27. The summed E-state index contributed by atoms with van der Waals surface area (Å²) in [7, 11) is 1.58. The molecule has 0 aromatic carbocycles. The molecule has 2 heterocycles. The van der Waals surface area contributed by atoms with Crippen molar-refractivity contribution >= 4 is 33.2 Å². The molecule has 0 fully saturated rings. The minimum Gasteiger partial charge on any atom is -0.336 e. The lowest BCUT2D eigenvalue weighted by Gasteiger charge is -2.16. The van der Waals surface area contributed by atoms with Crippen LogP contribution in [-0.2, 0) is 12.7 Å². The van der Waals surface area contributed by atoms with E-state index in [0.29, 0.717) is 12.7 Å². The van der Waals surface area contributed by atoms with Crippen LogP contribution in [0.3, 0.4) is 0 Å². The number of halogens is 4. The van der Waals surface area contributed by atoms with Gasteiger partial charge in [0.1, 0.15) is 5.69 Å². The number of carbonyl (C=O) groups is 1. The first-order chi connectivity index (χ1) is 9.77. The average Bonchev–Trinajstić information content (AvgIpc) is 2.82. The smallest absolute Gasteiger partial charge is 0.336 e. The molecule has 0 unspecified atom stereocenters. The van der Waals surface area contributed by atoms with Crippen LogP contribution in [0.4, 0.5) is 13.2 Å². The summed E-state index contributed by atoms with van der Waals surface area (Å²) in [4.78, 5) is 17.1. The van der Waals surface area contributed by atoms with Crippen molar-refractivity contribution < 1.29 is 18.0 Å². The molecule has 0 aliphatic carbocycles. The first-order valence-electron chi connectivity index (χ1n) is 5.79. The van der Waals surface area contributed by atoms with Crippen molar-refractivity contribution in [3.63, 3.8) is 0 Å². The van der Waals surface area contributed by atoms with Gasteiger partial charge in [0.15, 0.2) is 0 Å². The zero-order valence-electron chi connectivity index (χ0n) is 10.8. The number of alkyl halides is 3. The fraction of sp³-hybridized carbons (Fsp3) is 0.231. The number of aromatic nitrogens is 1. The Balaban J connectivity index is 2.08. The van der Waals surface area contributed by atoms with Gasteiger partial charge >= 0.3 is 6.18 Å². The Morgan fingerprint density at radius 2 is 2.14 bits per heavy atom. The van der Waals surface area contributed by atoms with E-state index in [9.17, 15) is 18.0 Å². The standard InChI is InChI=1S/C13H10BrF3N2OS/c1-19(6-8-4-11(14)21-7-8)12(20)10-3-2-9(5-18-10)13(15,16)17/h2-5,7H,6H2,1H3. The number of hydrogen-bond donors (Lipinski definition) is 0. The third kappa shape index (κ3) is 4.04. The van der Waals surface area contributed by atoms with Gasteiger partial charge in [0.2, 0.25) is 0 Å².